The monoisotopic (exact) mass is 492 g/mol. The number of hydrogen-bond acceptors (Lipinski definition) is 7. The molecule has 3 aromatic rings. The molecule has 1 saturated heterocycles. The van der Waals surface area contributed by atoms with Crippen molar-refractivity contribution in [2.75, 3.05) is 18.4 Å². The number of amides is 1. The van der Waals surface area contributed by atoms with Gasteiger partial charge in [-0.05, 0) is 61.7 Å². The fourth-order valence-corrected chi connectivity index (χ4v) is 5.84. The Labute approximate surface area is 195 Å². The van der Waals surface area contributed by atoms with Crippen molar-refractivity contribution in [1.29, 1.82) is 0 Å². The molecule has 0 saturated carbocycles. The molecule has 0 aliphatic carbocycles. The molecule has 11 heteroatoms. The van der Waals surface area contributed by atoms with E-state index in [9.17, 15) is 13.2 Å². The lowest BCUT2D eigenvalue weighted by Crippen LogP contribution is -2.28. The first-order valence-corrected chi connectivity index (χ1v) is 12.6. The molecule has 1 fully saturated rings. The van der Waals surface area contributed by atoms with Crippen LogP contribution in [-0.2, 0) is 16.6 Å². The van der Waals surface area contributed by atoms with Crippen LogP contribution in [0.15, 0.2) is 47.4 Å². The summed E-state index contributed by atoms with van der Waals surface area (Å²) >= 11 is 7.04. The average molecular weight is 493 g/mol. The smallest absolute Gasteiger partial charge is 0.257 e. The van der Waals surface area contributed by atoms with Gasteiger partial charge < -0.3 is 4.74 Å². The van der Waals surface area contributed by atoms with Crippen LogP contribution in [0, 0.1) is 6.92 Å². The van der Waals surface area contributed by atoms with E-state index in [4.69, 9.17) is 16.3 Å². The molecule has 0 atom stereocenters. The number of aryl methyl sites for hydroxylation is 1. The molecule has 168 valence electrons. The number of hydrogen-bond donors (Lipinski definition) is 1. The lowest BCUT2D eigenvalue weighted by molar-refractivity contribution is 0.102. The normalized spacial score (nSPS) is 14.4. The number of halogens is 1. The summed E-state index contributed by atoms with van der Waals surface area (Å²) in [6.07, 6.45) is 1.69. The number of rotatable bonds is 7. The minimum Gasteiger partial charge on any atom is -0.486 e. The average Bonchev–Trinajstić information content (AvgIpc) is 3.46. The predicted octanol–water partition coefficient (Wildman–Crippen LogP) is 4.12. The highest BCUT2D eigenvalue weighted by Crippen LogP contribution is 2.26. The molecule has 8 nitrogen and oxygen atoms in total. The summed E-state index contributed by atoms with van der Waals surface area (Å²) < 4.78 is 33.0. The van der Waals surface area contributed by atoms with E-state index in [0.717, 1.165) is 12.8 Å². The lowest BCUT2D eigenvalue weighted by atomic mass is 10.1. The number of benzene rings is 2. The first-order valence-electron chi connectivity index (χ1n) is 9.96. The van der Waals surface area contributed by atoms with Gasteiger partial charge in [-0.15, -0.1) is 10.2 Å². The van der Waals surface area contributed by atoms with Gasteiger partial charge in [0, 0.05) is 23.7 Å². The Hall–Kier alpha value is -2.53. The molecule has 0 spiro atoms. The third-order valence-electron chi connectivity index (χ3n) is 5.00. The number of ether oxygens (including phenoxy) is 1. The number of nitrogens with zero attached hydrogens (tertiary/aromatic N) is 3. The van der Waals surface area contributed by atoms with Gasteiger partial charge in [-0.3, -0.25) is 10.1 Å². The maximum absolute atomic E-state index is 13.0. The second-order valence-corrected chi connectivity index (χ2v) is 10.7. The maximum atomic E-state index is 13.0. The standard InChI is InChI=1S/C21H21ClN4O4S2/c1-14-4-5-15(12-18(14)32(28,29)26-10-2-3-11-26)20(27)23-21-25-24-19(31-21)13-30-17-8-6-16(22)7-9-17/h4-9,12H,2-3,10-11,13H2,1H3,(H,23,25,27). The van der Waals surface area contributed by atoms with Gasteiger partial charge in [0.25, 0.3) is 5.91 Å². The van der Waals surface area contributed by atoms with Gasteiger partial charge in [0.05, 0.1) is 4.90 Å². The Morgan fingerprint density at radius 1 is 1.16 bits per heavy atom. The van der Waals surface area contributed by atoms with E-state index >= 15 is 0 Å². The number of anilines is 1. The molecule has 1 aliphatic heterocycles. The van der Waals surface area contributed by atoms with E-state index in [1.54, 1.807) is 43.3 Å². The van der Waals surface area contributed by atoms with Crippen LogP contribution in [0.3, 0.4) is 0 Å². The summed E-state index contributed by atoms with van der Waals surface area (Å²) in [7, 11) is -3.63. The number of sulfonamides is 1. The topological polar surface area (TPSA) is 101 Å². The van der Waals surface area contributed by atoms with E-state index in [2.05, 4.69) is 15.5 Å². The Morgan fingerprint density at radius 2 is 1.88 bits per heavy atom. The van der Waals surface area contributed by atoms with Crippen molar-refractivity contribution in [3.8, 4) is 5.75 Å². The Morgan fingerprint density at radius 3 is 2.59 bits per heavy atom. The van der Waals surface area contributed by atoms with E-state index in [0.29, 0.717) is 39.6 Å². The van der Waals surface area contributed by atoms with Gasteiger partial charge in [0.2, 0.25) is 15.2 Å². The zero-order chi connectivity index (χ0) is 22.7. The molecule has 32 heavy (non-hydrogen) atoms. The van der Waals surface area contributed by atoms with E-state index in [-0.39, 0.29) is 17.1 Å². The molecule has 0 radical (unpaired) electrons. The number of aromatic nitrogens is 2. The van der Waals surface area contributed by atoms with Crippen molar-refractivity contribution in [3.63, 3.8) is 0 Å². The molecule has 4 rings (SSSR count). The van der Waals surface area contributed by atoms with Crippen LogP contribution in [0.2, 0.25) is 5.02 Å². The predicted molar refractivity (Wildman–Crippen MR) is 123 cm³/mol. The van der Waals surface area contributed by atoms with Crippen molar-refractivity contribution >= 4 is 44.0 Å². The molecule has 1 amide bonds. The summed E-state index contributed by atoms with van der Waals surface area (Å²) in [5.41, 5.74) is 0.841. The SMILES string of the molecule is Cc1ccc(C(=O)Nc2nnc(COc3ccc(Cl)cc3)s2)cc1S(=O)(=O)N1CCCC1. The minimum atomic E-state index is -3.63. The first kappa shape index (κ1) is 22.7. The van der Waals surface area contributed by atoms with Crippen LogP contribution in [0.4, 0.5) is 5.13 Å². The molecule has 2 aromatic carbocycles. The Balaban J connectivity index is 1.43. The second-order valence-electron chi connectivity index (χ2n) is 7.29. The fourth-order valence-electron chi connectivity index (χ4n) is 3.29. The molecule has 0 bridgehead atoms. The van der Waals surface area contributed by atoms with Crippen LogP contribution >= 0.6 is 22.9 Å². The van der Waals surface area contributed by atoms with Gasteiger partial charge in [0.1, 0.15) is 12.4 Å². The highest BCUT2D eigenvalue weighted by molar-refractivity contribution is 7.89. The third kappa shape index (κ3) is 5.09. The van der Waals surface area contributed by atoms with Crippen molar-refractivity contribution in [3.05, 3.63) is 63.6 Å². The summed E-state index contributed by atoms with van der Waals surface area (Å²) in [6.45, 7) is 2.92. The van der Waals surface area contributed by atoms with Gasteiger partial charge >= 0.3 is 0 Å². The van der Waals surface area contributed by atoms with Crippen LogP contribution in [0.5, 0.6) is 5.75 Å². The van der Waals surface area contributed by atoms with Crippen LogP contribution in [0.1, 0.15) is 33.8 Å². The van der Waals surface area contributed by atoms with E-state index < -0.39 is 15.9 Å². The fraction of sp³-hybridized carbons (Fsp3) is 0.286. The number of nitrogens with one attached hydrogen (secondary N) is 1. The second kappa shape index (κ2) is 9.53. The highest BCUT2D eigenvalue weighted by atomic mass is 35.5. The molecular weight excluding hydrogens is 472 g/mol. The Kier molecular flexibility index (Phi) is 6.75. The van der Waals surface area contributed by atoms with E-state index in [1.165, 1.54) is 21.7 Å². The molecule has 1 aromatic heterocycles. The van der Waals surface area contributed by atoms with Crippen molar-refractivity contribution in [1.82, 2.24) is 14.5 Å². The minimum absolute atomic E-state index is 0.154. The van der Waals surface area contributed by atoms with Gasteiger partial charge in [-0.1, -0.05) is 29.0 Å². The van der Waals surface area contributed by atoms with E-state index in [1.807, 2.05) is 0 Å². The highest BCUT2D eigenvalue weighted by Gasteiger charge is 2.29. The lowest BCUT2D eigenvalue weighted by Gasteiger charge is -2.17. The van der Waals surface area contributed by atoms with Crippen LogP contribution < -0.4 is 10.1 Å². The number of carbonyl (C=O) groups is 1. The molecule has 1 aliphatic rings. The summed E-state index contributed by atoms with van der Waals surface area (Å²) in [4.78, 5) is 12.9. The van der Waals surface area contributed by atoms with Gasteiger partial charge in [-0.2, -0.15) is 4.31 Å². The summed E-state index contributed by atoms with van der Waals surface area (Å²) in [5, 5.41) is 12.2. The summed E-state index contributed by atoms with van der Waals surface area (Å²) in [6, 6.07) is 11.6. The zero-order valence-electron chi connectivity index (χ0n) is 17.2. The van der Waals surface area contributed by atoms with Crippen molar-refractivity contribution in [2.45, 2.75) is 31.3 Å². The van der Waals surface area contributed by atoms with Gasteiger partial charge in [0.15, 0.2) is 5.01 Å². The van der Waals surface area contributed by atoms with Crippen LogP contribution in [-0.4, -0.2) is 41.9 Å². The van der Waals surface area contributed by atoms with Crippen LogP contribution in [0.25, 0.3) is 0 Å². The quantitative estimate of drug-likeness (QED) is 0.532. The van der Waals surface area contributed by atoms with Gasteiger partial charge in [-0.25, -0.2) is 8.42 Å². The number of carbonyl (C=O) groups excluding carboxylic acids is 1. The van der Waals surface area contributed by atoms with Crippen molar-refractivity contribution in [2.24, 2.45) is 0 Å². The van der Waals surface area contributed by atoms with Crippen molar-refractivity contribution < 1.29 is 17.9 Å². The largest absolute Gasteiger partial charge is 0.486 e. The third-order valence-corrected chi connectivity index (χ3v) is 8.10. The molecular formula is C21H21ClN4O4S2. The Bertz CT molecular complexity index is 1220. The zero-order valence-corrected chi connectivity index (χ0v) is 19.6. The molecule has 0 unspecified atom stereocenters. The first-order chi connectivity index (χ1) is 15.3. The summed E-state index contributed by atoms with van der Waals surface area (Å²) in [5.74, 6) is 0.186. The molecule has 1 N–H and O–H groups in total. The maximum Gasteiger partial charge on any atom is 0.257 e. The molecule has 2 heterocycles.